The minimum atomic E-state index is -0.393. The molecule has 0 saturated carbocycles. The number of halogens is 1. The van der Waals surface area contributed by atoms with Crippen LogP contribution in [0.4, 0.5) is 16.0 Å². The number of aromatic amines is 2. The van der Waals surface area contributed by atoms with E-state index < -0.39 is 5.82 Å². The number of nitrogens with one attached hydrogen (secondary N) is 3. The Morgan fingerprint density at radius 3 is 3.00 bits per heavy atom. The predicted molar refractivity (Wildman–Crippen MR) is 60.5 cm³/mol. The van der Waals surface area contributed by atoms with Crippen LogP contribution in [0.2, 0.25) is 0 Å². The van der Waals surface area contributed by atoms with Crippen LogP contribution in [0.1, 0.15) is 5.69 Å². The molecule has 0 amide bonds. The lowest BCUT2D eigenvalue weighted by Gasteiger charge is -2.02. The number of hydrogen-bond donors (Lipinski definition) is 3. The van der Waals surface area contributed by atoms with Gasteiger partial charge in [-0.15, -0.1) is 0 Å². The number of aryl methyl sites for hydroxylation is 1. The van der Waals surface area contributed by atoms with Gasteiger partial charge in [-0.2, -0.15) is 5.10 Å². The summed E-state index contributed by atoms with van der Waals surface area (Å²) in [6.07, 6.45) is 2.61. The average Bonchev–Trinajstić information content (AvgIpc) is 2.87. The first-order valence-electron chi connectivity index (χ1n) is 5.00. The van der Waals surface area contributed by atoms with Crippen molar-refractivity contribution in [2.24, 2.45) is 0 Å². The maximum absolute atomic E-state index is 13.5. The first-order valence-corrected chi connectivity index (χ1v) is 5.00. The molecule has 0 fully saturated rings. The van der Waals surface area contributed by atoms with Crippen molar-refractivity contribution in [1.29, 1.82) is 0 Å². The first kappa shape index (κ1) is 9.76. The molecule has 0 aliphatic carbocycles. The van der Waals surface area contributed by atoms with Crippen LogP contribution >= 0.6 is 0 Å². The van der Waals surface area contributed by atoms with Gasteiger partial charge in [0.15, 0.2) is 11.6 Å². The third kappa shape index (κ3) is 1.61. The molecule has 0 bridgehead atoms. The molecule has 0 aromatic carbocycles. The largest absolute Gasteiger partial charge is 0.343 e. The summed E-state index contributed by atoms with van der Waals surface area (Å²) in [4.78, 5) is 10.7. The number of rotatable bonds is 2. The summed E-state index contributed by atoms with van der Waals surface area (Å²) in [5.74, 6) is 0.582. The fourth-order valence-electron chi connectivity index (χ4n) is 1.62. The van der Waals surface area contributed by atoms with Crippen molar-refractivity contribution < 1.29 is 4.39 Å². The first-order chi connectivity index (χ1) is 8.24. The monoisotopic (exact) mass is 232 g/mol. The lowest BCUT2D eigenvalue weighted by molar-refractivity contribution is 0.639. The molecule has 0 aliphatic heterocycles. The molecule has 86 valence electrons. The third-order valence-corrected chi connectivity index (χ3v) is 2.37. The standard InChI is InChI=1S/C10H9FN6/c1-5-2-7(17-16-5)15-10-8-6(11)3-12-9(8)13-4-14-10/h2-4H,1H3,(H3,12,13,14,15,16,17). The molecule has 3 heterocycles. The number of nitrogens with zero attached hydrogens (tertiary/aromatic N) is 3. The third-order valence-electron chi connectivity index (χ3n) is 2.37. The van der Waals surface area contributed by atoms with Gasteiger partial charge in [-0.3, -0.25) is 5.10 Å². The van der Waals surface area contributed by atoms with Gasteiger partial charge in [-0.1, -0.05) is 0 Å². The molecule has 17 heavy (non-hydrogen) atoms. The second-order valence-corrected chi connectivity index (χ2v) is 3.64. The van der Waals surface area contributed by atoms with Crippen molar-refractivity contribution in [3.63, 3.8) is 0 Å². The molecule has 3 N–H and O–H groups in total. The van der Waals surface area contributed by atoms with Gasteiger partial charge in [0.1, 0.15) is 17.8 Å². The zero-order valence-electron chi connectivity index (χ0n) is 8.95. The maximum atomic E-state index is 13.5. The van der Waals surface area contributed by atoms with Gasteiger partial charge in [0.2, 0.25) is 0 Å². The molecular weight excluding hydrogens is 223 g/mol. The van der Waals surface area contributed by atoms with Gasteiger partial charge in [0, 0.05) is 18.0 Å². The molecule has 3 rings (SSSR count). The number of fused-ring (bicyclic) bond motifs is 1. The van der Waals surface area contributed by atoms with Gasteiger partial charge < -0.3 is 10.3 Å². The molecule has 3 aromatic heterocycles. The fraction of sp³-hybridized carbons (Fsp3) is 0.100. The van der Waals surface area contributed by atoms with Crippen LogP contribution in [0, 0.1) is 12.7 Å². The van der Waals surface area contributed by atoms with E-state index in [1.165, 1.54) is 12.5 Å². The van der Waals surface area contributed by atoms with E-state index in [4.69, 9.17) is 0 Å². The Morgan fingerprint density at radius 1 is 1.35 bits per heavy atom. The number of aromatic nitrogens is 5. The summed E-state index contributed by atoms with van der Waals surface area (Å²) in [7, 11) is 0. The average molecular weight is 232 g/mol. The molecule has 0 spiro atoms. The molecule has 0 atom stereocenters. The van der Waals surface area contributed by atoms with Gasteiger partial charge >= 0.3 is 0 Å². The quantitative estimate of drug-likeness (QED) is 0.630. The van der Waals surface area contributed by atoms with Crippen LogP contribution in [0.3, 0.4) is 0 Å². The summed E-state index contributed by atoms with van der Waals surface area (Å²) in [6, 6.07) is 1.80. The minimum Gasteiger partial charge on any atom is -0.343 e. The highest BCUT2D eigenvalue weighted by Crippen LogP contribution is 2.24. The summed E-state index contributed by atoms with van der Waals surface area (Å²) in [5, 5.41) is 10.1. The van der Waals surface area contributed by atoms with Crippen molar-refractivity contribution in [3.8, 4) is 0 Å². The zero-order valence-corrected chi connectivity index (χ0v) is 8.95. The summed E-state index contributed by atoms with van der Waals surface area (Å²) < 4.78 is 13.5. The second kappa shape index (κ2) is 3.55. The smallest absolute Gasteiger partial charge is 0.153 e. The van der Waals surface area contributed by atoms with Gasteiger partial charge in [0.05, 0.1) is 5.39 Å². The van der Waals surface area contributed by atoms with E-state index in [9.17, 15) is 4.39 Å². The number of hydrogen-bond acceptors (Lipinski definition) is 4. The fourth-order valence-corrected chi connectivity index (χ4v) is 1.62. The van der Waals surface area contributed by atoms with Crippen LogP contribution in [-0.2, 0) is 0 Å². The Labute approximate surface area is 95.3 Å². The van der Waals surface area contributed by atoms with E-state index in [-0.39, 0.29) is 0 Å². The van der Waals surface area contributed by atoms with Crippen molar-refractivity contribution in [2.45, 2.75) is 6.92 Å². The lowest BCUT2D eigenvalue weighted by Crippen LogP contribution is -1.96. The molecular formula is C10H9FN6. The van der Waals surface area contributed by atoms with E-state index in [2.05, 4.69) is 30.5 Å². The summed E-state index contributed by atoms with van der Waals surface area (Å²) >= 11 is 0. The van der Waals surface area contributed by atoms with Crippen molar-refractivity contribution >= 4 is 22.7 Å². The highest BCUT2D eigenvalue weighted by Gasteiger charge is 2.11. The highest BCUT2D eigenvalue weighted by molar-refractivity contribution is 5.88. The molecule has 0 unspecified atom stereocenters. The van der Waals surface area contributed by atoms with Gasteiger partial charge in [0.25, 0.3) is 0 Å². The van der Waals surface area contributed by atoms with Gasteiger partial charge in [-0.05, 0) is 6.92 Å². The van der Waals surface area contributed by atoms with Crippen LogP contribution < -0.4 is 5.32 Å². The zero-order chi connectivity index (χ0) is 11.8. The summed E-state index contributed by atoms with van der Waals surface area (Å²) in [6.45, 7) is 1.88. The Hall–Kier alpha value is -2.44. The Kier molecular flexibility index (Phi) is 2.04. The lowest BCUT2D eigenvalue weighted by atomic mass is 10.3. The Bertz CT molecular complexity index is 670. The molecule has 0 saturated heterocycles. The molecule has 7 heteroatoms. The topological polar surface area (TPSA) is 82.3 Å². The van der Waals surface area contributed by atoms with Crippen LogP contribution in [0.15, 0.2) is 18.6 Å². The van der Waals surface area contributed by atoms with E-state index in [1.54, 1.807) is 6.07 Å². The van der Waals surface area contributed by atoms with Crippen molar-refractivity contribution in [3.05, 3.63) is 30.1 Å². The number of H-pyrrole nitrogens is 2. The Morgan fingerprint density at radius 2 is 2.24 bits per heavy atom. The molecule has 0 aliphatic rings. The normalized spacial score (nSPS) is 10.9. The SMILES string of the molecule is Cc1cc(Nc2ncnc3[nH]cc(F)c23)n[nH]1. The number of anilines is 2. The van der Waals surface area contributed by atoms with E-state index in [0.29, 0.717) is 22.7 Å². The highest BCUT2D eigenvalue weighted by atomic mass is 19.1. The second-order valence-electron chi connectivity index (χ2n) is 3.64. The van der Waals surface area contributed by atoms with E-state index in [1.807, 2.05) is 6.92 Å². The Balaban J connectivity index is 2.08. The van der Waals surface area contributed by atoms with Crippen molar-refractivity contribution in [1.82, 2.24) is 25.1 Å². The molecule has 3 aromatic rings. The van der Waals surface area contributed by atoms with Crippen LogP contribution in [-0.4, -0.2) is 25.1 Å². The van der Waals surface area contributed by atoms with E-state index in [0.717, 1.165) is 5.69 Å². The van der Waals surface area contributed by atoms with Gasteiger partial charge in [-0.25, -0.2) is 14.4 Å². The maximum Gasteiger partial charge on any atom is 0.153 e. The minimum absolute atomic E-state index is 0.327. The van der Waals surface area contributed by atoms with Crippen LogP contribution in [0.5, 0.6) is 0 Å². The van der Waals surface area contributed by atoms with Crippen LogP contribution in [0.25, 0.3) is 11.0 Å². The summed E-state index contributed by atoms with van der Waals surface area (Å²) in [5.41, 5.74) is 1.36. The molecule has 6 nitrogen and oxygen atoms in total. The predicted octanol–water partition coefficient (Wildman–Crippen LogP) is 1.87. The van der Waals surface area contributed by atoms with Crippen molar-refractivity contribution in [2.75, 3.05) is 5.32 Å². The molecule has 0 radical (unpaired) electrons. The van der Waals surface area contributed by atoms with E-state index >= 15 is 0 Å².